The van der Waals surface area contributed by atoms with Crippen molar-refractivity contribution in [1.82, 2.24) is 10.2 Å². The molecule has 2 rings (SSSR count). The van der Waals surface area contributed by atoms with Crippen LogP contribution in [0.2, 0.25) is 0 Å². The fraction of sp³-hybridized carbons (Fsp3) is 0.500. The van der Waals surface area contributed by atoms with Crippen molar-refractivity contribution in [2.24, 2.45) is 0 Å². The van der Waals surface area contributed by atoms with E-state index >= 15 is 0 Å². The monoisotopic (exact) mass is 321 g/mol. The highest BCUT2D eigenvalue weighted by atomic mass is 32.2. The number of rotatable bonds is 4. The van der Waals surface area contributed by atoms with Crippen molar-refractivity contribution < 1.29 is 9.59 Å². The topological polar surface area (TPSA) is 61.4 Å². The number of carbonyl (C=O) groups is 2. The first-order valence-corrected chi connectivity index (χ1v) is 8.80. The van der Waals surface area contributed by atoms with Crippen LogP contribution < -0.4 is 10.6 Å². The molecule has 1 fully saturated rings. The number of carbonyl (C=O) groups excluding carboxylic acids is 2. The molecule has 0 radical (unpaired) electrons. The molecule has 2 N–H and O–H groups in total. The maximum Gasteiger partial charge on any atom is 0.321 e. The lowest BCUT2D eigenvalue weighted by Gasteiger charge is -2.26. The lowest BCUT2D eigenvalue weighted by molar-refractivity contribution is 0.0939. The zero-order valence-corrected chi connectivity index (χ0v) is 13.9. The number of nitrogens with one attached hydrogen (secondary N) is 2. The second kappa shape index (κ2) is 8.08. The largest absolute Gasteiger partial charge is 0.350 e. The molecule has 0 saturated carbocycles. The molecule has 1 heterocycles. The van der Waals surface area contributed by atoms with Gasteiger partial charge in [-0.25, -0.2) is 4.79 Å². The van der Waals surface area contributed by atoms with Gasteiger partial charge < -0.3 is 15.5 Å². The number of urea groups is 1. The number of thioether (sulfide) groups is 1. The standard InChI is InChI=1S/C16H23N3O2S/c1-3-12(2)17-15(20)13-4-6-14(7-5-13)18-16(21)19-8-10-22-11-9-19/h4-7,12H,3,8-11H2,1-2H3,(H,17,20)(H,18,21). The van der Waals surface area contributed by atoms with Gasteiger partial charge in [-0.15, -0.1) is 0 Å². The number of hydrogen-bond donors (Lipinski definition) is 2. The van der Waals surface area contributed by atoms with Crippen LogP contribution in [0.1, 0.15) is 30.6 Å². The average Bonchev–Trinajstić information content (AvgIpc) is 2.56. The summed E-state index contributed by atoms with van der Waals surface area (Å²) in [5.74, 6) is 1.89. The predicted molar refractivity (Wildman–Crippen MR) is 91.6 cm³/mol. The normalized spacial score (nSPS) is 16.0. The van der Waals surface area contributed by atoms with Gasteiger partial charge in [0.15, 0.2) is 0 Å². The minimum atomic E-state index is -0.0831. The van der Waals surface area contributed by atoms with Crippen molar-refractivity contribution in [2.45, 2.75) is 26.3 Å². The lowest BCUT2D eigenvalue weighted by Crippen LogP contribution is -2.40. The molecule has 22 heavy (non-hydrogen) atoms. The highest BCUT2D eigenvalue weighted by molar-refractivity contribution is 7.99. The third-order valence-corrected chi connectivity index (χ3v) is 4.63. The van der Waals surface area contributed by atoms with Crippen LogP contribution in [-0.2, 0) is 0 Å². The van der Waals surface area contributed by atoms with E-state index in [1.54, 1.807) is 24.3 Å². The van der Waals surface area contributed by atoms with Crippen molar-refractivity contribution in [1.29, 1.82) is 0 Å². The predicted octanol–water partition coefficient (Wildman–Crippen LogP) is 2.80. The molecular weight excluding hydrogens is 298 g/mol. The molecule has 1 atom stereocenters. The van der Waals surface area contributed by atoms with E-state index in [1.807, 2.05) is 30.5 Å². The Morgan fingerprint density at radius 2 is 1.86 bits per heavy atom. The molecule has 0 bridgehead atoms. The summed E-state index contributed by atoms with van der Waals surface area (Å²) in [4.78, 5) is 25.9. The Labute approximate surface area is 135 Å². The molecule has 120 valence electrons. The van der Waals surface area contributed by atoms with Gasteiger partial charge in [-0.1, -0.05) is 6.92 Å². The molecule has 3 amide bonds. The first-order valence-electron chi connectivity index (χ1n) is 7.64. The summed E-state index contributed by atoms with van der Waals surface area (Å²) in [6.45, 7) is 5.57. The number of amides is 3. The Kier molecular flexibility index (Phi) is 6.12. The SMILES string of the molecule is CCC(C)NC(=O)c1ccc(NC(=O)N2CCSCC2)cc1. The van der Waals surface area contributed by atoms with Crippen molar-refractivity contribution in [2.75, 3.05) is 29.9 Å². The summed E-state index contributed by atoms with van der Waals surface area (Å²) >= 11 is 1.87. The fourth-order valence-electron chi connectivity index (χ4n) is 2.08. The average molecular weight is 321 g/mol. The summed E-state index contributed by atoms with van der Waals surface area (Å²) in [5.41, 5.74) is 1.32. The van der Waals surface area contributed by atoms with Crippen LogP contribution >= 0.6 is 11.8 Å². The smallest absolute Gasteiger partial charge is 0.321 e. The minimum Gasteiger partial charge on any atom is -0.350 e. The van der Waals surface area contributed by atoms with Gasteiger partial charge in [0.1, 0.15) is 0 Å². The fourth-order valence-corrected chi connectivity index (χ4v) is 2.99. The van der Waals surface area contributed by atoms with Crippen molar-refractivity contribution in [3.05, 3.63) is 29.8 Å². The van der Waals surface area contributed by atoms with Crippen molar-refractivity contribution in [3.8, 4) is 0 Å². The molecule has 1 aliphatic heterocycles. The van der Waals surface area contributed by atoms with Crippen LogP contribution in [0.5, 0.6) is 0 Å². The van der Waals surface area contributed by atoms with E-state index in [1.165, 1.54) is 0 Å². The molecule has 1 aliphatic rings. The van der Waals surface area contributed by atoms with Gasteiger partial charge >= 0.3 is 6.03 Å². The van der Waals surface area contributed by atoms with Gasteiger partial charge in [-0.2, -0.15) is 11.8 Å². The Morgan fingerprint density at radius 1 is 1.23 bits per heavy atom. The number of hydrogen-bond acceptors (Lipinski definition) is 3. The molecule has 0 spiro atoms. The first-order chi connectivity index (χ1) is 10.6. The van der Waals surface area contributed by atoms with Crippen LogP contribution in [-0.4, -0.2) is 47.5 Å². The van der Waals surface area contributed by atoms with E-state index in [4.69, 9.17) is 0 Å². The Balaban J connectivity index is 1.91. The van der Waals surface area contributed by atoms with Crippen LogP contribution in [0, 0.1) is 0 Å². The summed E-state index contributed by atoms with van der Waals surface area (Å²) in [7, 11) is 0. The second-order valence-electron chi connectivity index (χ2n) is 5.39. The van der Waals surface area contributed by atoms with Gasteiger partial charge in [0.2, 0.25) is 0 Å². The molecule has 1 aromatic rings. The highest BCUT2D eigenvalue weighted by Crippen LogP contribution is 2.13. The number of nitrogens with zero attached hydrogens (tertiary/aromatic N) is 1. The van der Waals surface area contributed by atoms with Crippen LogP contribution in [0.15, 0.2) is 24.3 Å². The summed E-state index contributed by atoms with van der Waals surface area (Å²) in [5, 5.41) is 5.80. The van der Waals surface area contributed by atoms with E-state index in [9.17, 15) is 9.59 Å². The van der Waals surface area contributed by atoms with Crippen molar-refractivity contribution >= 4 is 29.4 Å². The van der Waals surface area contributed by atoms with E-state index in [-0.39, 0.29) is 18.0 Å². The molecule has 5 nitrogen and oxygen atoms in total. The molecule has 6 heteroatoms. The van der Waals surface area contributed by atoms with Crippen LogP contribution in [0.4, 0.5) is 10.5 Å². The quantitative estimate of drug-likeness (QED) is 0.896. The zero-order chi connectivity index (χ0) is 15.9. The van der Waals surface area contributed by atoms with Crippen molar-refractivity contribution in [3.63, 3.8) is 0 Å². The number of anilines is 1. The summed E-state index contributed by atoms with van der Waals surface area (Å²) < 4.78 is 0. The lowest BCUT2D eigenvalue weighted by atomic mass is 10.1. The summed E-state index contributed by atoms with van der Waals surface area (Å²) in [6.07, 6.45) is 0.897. The minimum absolute atomic E-state index is 0.0721. The zero-order valence-electron chi connectivity index (χ0n) is 13.1. The third-order valence-electron chi connectivity index (χ3n) is 3.69. The maximum atomic E-state index is 12.1. The van der Waals surface area contributed by atoms with Crippen LogP contribution in [0.3, 0.4) is 0 Å². The molecule has 1 aromatic carbocycles. The maximum absolute atomic E-state index is 12.1. The third kappa shape index (κ3) is 4.66. The summed E-state index contributed by atoms with van der Waals surface area (Å²) in [6, 6.07) is 7.09. The Morgan fingerprint density at radius 3 is 2.45 bits per heavy atom. The molecule has 0 aliphatic carbocycles. The van der Waals surface area contributed by atoms with Crippen LogP contribution in [0.25, 0.3) is 0 Å². The second-order valence-corrected chi connectivity index (χ2v) is 6.61. The molecular formula is C16H23N3O2S. The van der Waals surface area contributed by atoms with E-state index in [0.29, 0.717) is 11.3 Å². The molecule has 0 aromatic heterocycles. The highest BCUT2D eigenvalue weighted by Gasteiger charge is 2.16. The first kappa shape index (κ1) is 16.7. The van der Waals surface area contributed by atoms with E-state index in [2.05, 4.69) is 10.6 Å². The number of benzene rings is 1. The van der Waals surface area contributed by atoms with Gasteiger partial charge in [-0.05, 0) is 37.6 Å². The Hall–Kier alpha value is -1.69. The van der Waals surface area contributed by atoms with E-state index < -0.39 is 0 Å². The Bertz CT molecular complexity index is 513. The molecule has 1 saturated heterocycles. The van der Waals surface area contributed by atoms with Gasteiger partial charge in [0.25, 0.3) is 5.91 Å². The van der Waals surface area contributed by atoms with E-state index in [0.717, 1.165) is 31.0 Å². The van der Waals surface area contributed by atoms with Gasteiger partial charge in [0.05, 0.1) is 0 Å². The van der Waals surface area contributed by atoms with Gasteiger partial charge in [-0.3, -0.25) is 4.79 Å². The molecule has 1 unspecified atom stereocenters. The van der Waals surface area contributed by atoms with Gasteiger partial charge in [0, 0.05) is 41.9 Å².